The molecule has 2 heterocycles. The van der Waals surface area contributed by atoms with Crippen LogP contribution in [0, 0.1) is 0 Å². The van der Waals surface area contributed by atoms with Gasteiger partial charge in [0.1, 0.15) is 22.6 Å². The Morgan fingerprint density at radius 2 is 2.07 bits per heavy atom. The number of ether oxygens (including phenoxy) is 1. The zero-order valence-electron chi connectivity index (χ0n) is 16.8. The lowest BCUT2D eigenvalue weighted by atomic mass is 9.99. The zero-order chi connectivity index (χ0) is 21.1. The van der Waals surface area contributed by atoms with E-state index in [9.17, 15) is 12.8 Å². The number of methoxy groups -OCH3 is 1. The van der Waals surface area contributed by atoms with Crippen molar-refractivity contribution in [3.05, 3.63) is 36.2 Å². The summed E-state index contributed by atoms with van der Waals surface area (Å²) in [6.45, 7) is 0.493. The predicted molar refractivity (Wildman–Crippen MR) is 111 cm³/mol. The van der Waals surface area contributed by atoms with E-state index in [0.29, 0.717) is 36.1 Å². The lowest BCUT2D eigenvalue weighted by molar-refractivity contribution is 0.269. The summed E-state index contributed by atoms with van der Waals surface area (Å²) in [5, 5.41) is 7.38. The van der Waals surface area contributed by atoms with E-state index in [0.717, 1.165) is 18.4 Å². The summed E-state index contributed by atoms with van der Waals surface area (Å²) in [5.74, 6) is 0.435. The van der Waals surface area contributed by atoms with Crippen molar-refractivity contribution in [3.8, 4) is 5.75 Å². The normalized spacial score (nSPS) is 20.6. The third kappa shape index (κ3) is 4.28. The molecule has 3 aromatic rings. The second-order valence-corrected chi connectivity index (χ2v) is 9.50. The summed E-state index contributed by atoms with van der Waals surface area (Å²) in [7, 11) is -2.49. The number of hydrogen-bond acceptors (Lipinski definition) is 6. The molecule has 0 amide bonds. The van der Waals surface area contributed by atoms with E-state index in [1.54, 1.807) is 23.0 Å². The van der Waals surface area contributed by atoms with Crippen LogP contribution in [0.15, 0.2) is 35.1 Å². The molecule has 4 rings (SSSR count). The molecular weight excluding hydrogens is 411 g/mol. The second-order valence-electron chi connectivity index (χ2n) is 7.60. The third-order valence-corrected chi connectivity index (χ3v) is 7.29. The van der Waals surface area contributed by atoms with E-state index in [2.05, 4.69) is 15.0 Å². The molecule has 0 radical (unpaired) electrons. The van der Waals surface area contributed by atoms with Gasteiger partial charge >= 0.3 is 0 Å². The van der Waals surface area contributed by atoms with E-state index in [1.807, 2.05) is 12.3 Å². The largest absolute Gasteiger partial charge is 0.496 e. The molecule has 8 nitrogen and oxygen atoms in total. The Hall–Kier alpha value is -2.62. The fourth-order valence-corrected chi connectivity index (χ4v) is 5.52. The number of rotatable bonds is 6. The highest BCUT2D eigenvalue weighted by molar-refractivity contribution is 7.93. The van der Waals surface area contributed by atoms with Crippen molar-refractivity contribution in [2.24, 2.45) is 0 Å². The summed E-state index contributed by atoms with van der Waals surface area (Å²) < 4.78 is 55.6. The minimum Gasteiger partial charge on any atom is -0.496 e. The van der Waals surface area contributed by atoms with Crippen molar-refractivity contribution in [1.29, 1.82) is 0 Å². The van der Waals surface area contributed by atoms with Gasteiger partial charge in [0.05, 0.1) is 13.7 Å². The number of fused-ring (bicyclic) bond motifs is 1. The fraction of sp³-hybridized carbons (Fsp3) is 0.500. The predicted octanol–water partition coefficient (Wildman–Crippen LogP) is 3.88. The second kappa shape index (κ2) is 8.63. The molecule has 10 heteroatoms. The lowest BCUT2D eigenvalue weighted by Gasteiger charge is -2.23. The van der Waals surface area contributed by atoms with Gasteiger partial charge in [-0.15, -0.1) is 0 Å². The molecule has 1 fully saturated rings. The third-order valence-electron chi connectivity index (χ3n) is 5.48. The summed E-state index contributed by atoms with van der Waals surface area (Å²) in [4.78, 5) is 0. The molecule has 2 aromatic heterocycles. The summed E-state index contributed by atoms with van der Waals surface area (Å²) in [5.41, 5.74) is 1.24. The monoisotopic (exact) mass is 436 g/mol. The first-order chi connectivity index (χ1) is 14.5. The van der Waals surface area contributed by atoms with Crippen molar-refractivity contribution < 1.29 is 22.1 Å². The van der Waals surface area contributed by atoms with Gasteiger partial charge in [0.25, 0.3) is 0 Å². The van der Waals surface area contributed by atoms with Gasteiger partial charge in [-0.2, -0.15) is 5.10 Å². The Labute approximate surface area is 174 Å². The van der Waals surface area contributed by atoms with E-state index in [1.165, 1.54) is 7.11 Å². The molecule has 0 bridgehead atoms. The average molecular weight is 437 g/mol. The van der Waals surface area contributed by atoms with Crippen molar-refractivity contribution >= 4 is 26.8 Å². The van der Waals surface area contributed by atoms with Gasteiger partial charge in [-0.1, -0.05) is 30.8 Å². The van der Waals surface area contributed by atoms with Crippen molar-refractivity contribution in [2.75, 3.05) is 11.8 Å². The van der Waals surface area contributed by atoms with Crippen LogP contribution < -0.4 is 9.46 Å². The average Bonchev–Trinajstić information content (AvgIpc) is 3.34. The van der Waals surface area contributed by atoms with Crippen LogP contribution in [0.2, 0.25) is 0 Å². The van der Waals surface area contributed by atoms with Gasteiger partial charge in [-0.05, 0) is 36.6 Å². The number of nitrogens with one attached hydrogen (secondary N) is 1. The van der Waals surface area contributed by atoms with E-state index in [-0.39, 0.29) is 18.7 Å². The molecule has 0 spiro atoms. The molecule has 162 valence electrons. The van der Waals surface area contributed by atoms with Crippen LogP contribution in [-0.2, 0) is 16.6 Å². The highest BCUT2D eigenvalue weighted by Crippen LogP contribution is 2.35. The van der Waals surface area contributed by atoms with Crippen LogP contribution in [0.5, 0.6) is 5.75 Å². The number of nitrogens with zero attached hydrogens (tertiary/aromatic N) is 3. The summed E-state index contributed by atoms with van der Waals surface area (Å²) in [6, 6.07) is 5.37. The molecular formula is C20H25FN4O4S. The number of anilines is 1. The topological polar surface area (TPSA) is 99.2 Å². The molecule has 0 saturated heterocycles. The SMILES string of the molecule is COc1cc(Cn2cccn2)cc2onc(NS(=O)(=O)C3CCCCCCC3F)c12. The summed E-state index contributed by atoms with van der Waals surface area (Å²) >= 11 is 0. The molecule has 2 unspecified atom stereocenters. The first-order valence-corrected chi connectivity index (χ1v) is 11.6. The smallest absolute Gasteiger partial charge is 0.239 e. The molecule has 1 N–H and O–H groups in total. The number of hydrogen-bond donors (Lipinski definition) is 1. The Bertz CT molecular complexity index is 1100. The maximum atomic E-state index is 14.6. The number of halogens is 1. The Morgan fingerprint density at radius 1 is 1.27 bits per heavy atom. The number of alkyl halides is 1. The molecule has 0 aliphatic heterocycles. The summed E-state index contributed by atoms with van der Waals surface area (Å²) in [6.07, 6.45) is 5.90. The molecule has 1 aromatic carbocycles. The van der Waals surface area contributed by atoms with Gasteiger partial charge in [0, 0.05) is 12.4 Å². The first kappa shape index (κ1) is 20.6. The van der Waals surface area contributed by atoms with Crippen LogP contribution in [0.3, 0.4) is 0 Å². The Balaban J connectivity index is 1.63. The fourth-order valence-electron chi connectivity index (χ4n) is 3.96. The molecule has 2 atom stereocenters. The Morgan fingerprint density at radius 3 is 2.80 bits per heavy atom. The van der Waals surface area contributed by atoms with Gasteiger partial charge in [-0.3, -0.25) is 9.40 Å². The molecule has 1 aliphatic rings. The lowest BCUT2D eigenvalue weighted by Crippen LogP contribution is -2.36. The van der Waals surface area contributed by atoms with Crippen LogP contribution in [0.25, 0.3) is 11.0 Å². The van der Waals surface area contributed by atoms with Crippen LogP contribution >= 0.6 is 0 Å². The van der Waals surface area contributed by atoms with Crippen LogP contribution in [-0.4, -0.2) is 41.9 Å². The highest BCUT2D eigenvalue weighted by Gasteiger charge is 2.35. The van der Waals surface area contributed by atoms with Crippen LogP contribution in [0.1, 0.15) is 44.1 Å². The standard InChI is InChI=1S/C20H25FN4O4S/c1-28-16-11-14(13-25-10-6-9-22-25)12-17-19(16)20(23-29-17)24-30(26,27)18-8-5-3-2-4-7-15(18)21/h6,9-12,15,18H,2-5,7-8,13H2,1H3,(H,23,24). The van der Waals surface area contributed by atoms with Gasteiger partial charge in [0.2, 0.25) is 10.0 Å². The van der Waals surface area contributed by atoms with Gasteiger partial charge < -0.3 is 9.26 Å². The minimum atomic E-state index is -3.98. The van der Waals surface area contributed by atoms with Crippen molar-refractivity contribution in [2.45, 2.75) is 56.5 Å². The van der Waals surface area contributed by atoms with Crippen molar-refractivity contribution in [1.82, 2.24) is 14.9 Å². The molecule has 30 heavy (non-hydrogen) atoms. The number of benzene rings is 1. The first-order valence-electron chi connectivity index (χ1n) is 10.1. The highest BCUT2D eigenvalue weighted by atomic mass is 32.2. The van der Waals surface area contributed by atoms with Crippen molar-refractivity contribution in [3.63, 3.8) is 0 Å². The van der Waals surface area contributed by atoms with Gasteiger partial charge in [0.15, 0.2) is 11.4 Å². The maximum absolute atomic E-state index is 14.6. The maximum Gasteiger partial charge on any atom is 0.239 e. The van der Waals surface area contributed by atoms with Crippen LogP contribution in [0.4, 0.5) is 10.2 Å². The van der Waals surface area contributed by atoms with Gasteiger partial charge in [-0.25, -0.2) is 12.8 Å². The quantitative estimate of drug-likeness (QED) is 0.629. The number of aromatic nitrogens is 3. The van der Waals surface area contributed by atoms with E-state index >= 15 is 0 Å². The van der Waals surface area contributed by atoms with E-state index in [4.69, 9.17) is 9.26 Å². The van der Waals surface area contributed by atoms with E-state index < -0.39 is 21.4 Å². The molecule has 1 saturated carbocycles. The molecule has 1 aliphatic carbocycles. The Kier molecular flexibility index (Phi) is 5.94. The minimum absolute atomic E-state index is 0.0155. The zero-order valence-corrected chi connectivity index (χ0v) is 17.6. The number of sulfonamides is 1.